The Balaban J connectivity index is 2.63. The maximum atomic E-state index is 11.8. The molecule has 1 aliphatic rings. The van der Waals surface area contributed by atoms with E-state index in [0.717, 1.165) is 0 Å². The highest BCUT2D eigenvalue weighted by Crippen LogP contribution is 2.51. The third kappa shape index (κ3) is 3.10. The van der Waals surface area contributed by atoms with Gasteiger partial charge >= 0.3 is 7.91 Å². The van der Waals surface area contributed by atoms with Gasteiger partial charge in [0.15, 0.2) is 11.3 Å². The van der Waals surface area contributed by atoms with E-state index in [1.54, 1.807) is 0 Å². The van der Waals surface area contributed by atoms with Crippen molar-refractivity contribution < 1.29 is 21.3 Å². The standard InChI is InChI=1S/C4H6F2NO3PS/c1-2-4-3-9-12(10-4)7-11(5,6)8/h2,4H,1,3H2. The summed E-state index contributed by atoms with van der Waals surface area (Å²) in [6.45, 7) is 3.50. The Labute approximate surface area is 70.7 Å². The first-order valence-corrected chi connectivity index (χ1v) is 5.38. The van der Waals surface area contributed by atoms with Gasteiger partial charge in [0.2, 0.25) is 0 Å². The van der Waals surface area contributed by atoms with Gasteiger partial charge in [-0.15, -0.1) is 15.0 Å². The Morgan fingerprint density at radius 2 is 2.42 bits per heavy atom. The number of hydrogen-bond donors (Lipinski definition) is 0. The Bertz CT molecular complexity index is 265. The zero-order valence-corrected chi connectivity index (χ0v) is 7.56. The molecule has 0 aliphatic carbocycles. The van der Waals surface area contributed by atoms with E-state index < -0.39 is 25.3 Å². The average Bonchev–Trinajstić information content (AvgIpc) is 2.32. The van der Waals surface area contributed by atoms with Crippen LogP contribution >= 0.6 is 7.91 Å². The van der Waals surface area contributed by atoms with Gasteiger partial charge in [-0.1, -0.05) is 10.2 Å². The molecule has 0 aromatic heterocycles. The molecular formula is C4H6F2NO3PS. The van der Waals surface area contributed by atoms with Gasteiger partial charge in [-0.25, -0.2) is 4.57 Å². The molecule has 1 saturated heterocycles. The summed E-state index contributed by atoms with van der Waals surface area (Å²) in [4.78, 5) is 0. The van der Waals surface area contributed by atoms with Crippen LogP contribution in [0.5, 0.6) is 0 Å². The molecule has 12 heavy (non-hydrogen) atoms. The van der Waals surface area contributed by atoms with E-state index in [4.69, 9.17) is 4.18 Å². The lowest BCUT2D eigenvalue weighted by Gasteiger charge is -1.96. The quantitative estimate of drug-likeness (QED) is 0.526. The summed E-state index contributed by atoms with van der Waals surface area (Å²) in [6, 6.07) is 0. The molecule has 8 heteroatoms. The lowest BCUT2D eigenvalue weighted by atomic mass is 10.4. The van der Waals surface area contributed by atoms with E-state index in [2.05, 4.69) is 14.9 Å². The Kier molecular flexibility index (Phi) is 3.11. The van der Waals surface area contributed by atoms with Gasteiger partial charge in [0, 0.05) is 0 Å². The van der Waals surface area contributed by atoms with Crippen LogP contribution in [0.25, 0.3) is 0 Å². The summed E-state index contributed by atoms with van der Waals surface area (Å²) in [7, 11) is -5.40. The first kappa shape index (κ1) is 9.98. The van der Waals surface area contributed by atoms with Crippen molar-refractivity contribution >= 4 is 19.2 Å². The topological polar surface area (TPSA) is 47.9 Å². The first-order chi connectivity index (χ1) is 5.51. The third-order valence-corrected chi connectivity index (χ3v) is 3.01. The predicted octanol–water partition coefficient (Wildman–Crippen LogP) is 2.27. The second-order valence-corrected chi connectivity index (χ2v) is 4.27. The molecule has 0 spiro atoms. The van der Waals surface area contributed by atoms with Crippen LogP contribution in [0.4, 0.5) is 8.39 Å². The predicted molar refractivity (Wildman–Crippen MR) is 40.6 cm³/mol. The molecule has 0 aromatic carbocycles. The van der Waals surface area contributed by atoms with E-state index in [1.165, 1.54) is 6.08 Å². The smallest absolute Gasteiger partial charge is 0.281 e. The minimum atomic E-state index is -5.40. The van der Waals surface area contributed by atoms with Crippen molar-refractivity contribution in [1.82, 2.24) is 0 Å². The maximum Gasteiger partial charge on any atom is 0.539 e. The Morgan fingerprint density at radius 3 is 2.83 bits per heavy atom. The summed E-state index contributed by atoms with van der Waals surface area (Å²) in [5, 5.41) is 0. The summed E-state index contributed by atoms with van der Waals surface area (Å²) in [5.74, 6) is 0. The number of nitrogens with zero attached hydrogens (tertiary/aromatic N) is 1. The molecule has 0 radical (unpaired) electrons. The molecule has 0 saturated carbocycles. The van der Waals surface area contributed by atoms with Crippen molar-refractivity contribution in [2.75, 3.05) is 6.61 Å². The van der Waals surface area contributed by atoms with Crippen LogP contribution in [0, 0.1) is 0 Å². The molecule has 0 amide bonds. The summed E-state index contributed by atoms with van der Waals surface area (Å²) < 4.78 is 45.5. The summed E-state index contributed by atoms with van der Waals surface area (Å²) in [5.41, 5.74) is 0. The molecule has 1 heterocycles. The zero-order valence-electron chi connectivity index (χ0n) is 5.85. The SMILES string of the molecule is C=CC1COS(=NP(=O)(F)F)O1. The van der Waals surface area contributed by atoms with Crippen LogP contribution in [0.3, 0.4) is 0 Å². The number of halogens is 2. The van der Waals surface area contributed by atoms with E-state index in [0.29, 0.717) is 0 Å². The van der Waals surface area contributed by atoms with Gasteiger partial charge in [-0.05, 0) is 0 Å². The van der Waals surface area contributed by atoms with Gasteiger partial charge in [-0.3, -0.25) is 8.37 Å². The minimum absolute atomic E-state index is 0.121. The molecule has 1 fully saturated rings. The fraction of sp³-hybridized carbons (Fsp3) is 0.500. The van der Waals surface area contributed by atoms with Crippen molar-refractivity contribution in [2.24, 2.45) is 4.13 Å². The van der Waals surface area contributed by atoms with E-state index in [9.17, 15) is 13.0 Å². The van der Waals surface area contributed by atoms with Gasteiger partial charge in [0.25, 0.3) is 0 Å². The van der Waals surface area contributed by atoms with Crippen molar-refractivity contribution in [2.45, 2.75) is 6.10 Å². The first-order valence-electron chi connectivity index (χ1n) is 2.91. The molecular weight excluding hydrogens is 211 g/mol. The lowest BCUT2D eigenvalue weighted by Crippen LogP contribution is -2.02. The van der Waals surface area contributed by atoms with E-state index in [1.807, 2.05) is 0 Å². The van der Waals surface area contributed by atoms with Crippen LogP contribution in [-0.2, 0) is 24.2 Å². The molecule has 1 rings (SSSR count). The molecule has 0 N–H and O–H groups in total. The molecule has 4 nitrogen and oxygen atoms in total. The van der Waals surface area contributed by atoms with Gasteiger partial charge in [-0.2, -0.15) is 0 Å². The van der Waals surface area contributed by atoms with Crippen LogP contribution in [0.1, 0.15) is 0 Å². The van der Waals surface area contributed by atoms with Crippen molar-refractivity contribution in [1.29, 1.82) is 0 Å². The molecule has 2 atom stereocenters. The summed E-state index contributed by atoms with van der Waals surface area (Å²) in [6.07, 6.45) is 0.966. The second-order valence-electron chi connectivity index (χ2n) is 1.89. The molecule has 1 aliphatic heterocycles. The Hall–Kier alpha value is -0.100. The minimum Gasteiger partial charge on any atom is -0.281 e. The van der Waals surface area contributed by atoms with Gasteiger partial charge < -0.3 is 0 Å². The lowest BCUT2D eigenvalue weighted by molar-refractivity contribution is 0.293. The molecule has 0 bridgehead atoms. The average molecular weight is 217 g/mol. The summed E-state index contributed by atoms with van der Waals surface area (Å²) >= 11 is -1.69. The van der Waals surface area contributed by atoms with Crippen LogP contribution in [-0.4, -0.2) is 12.7 Å². The zero-order chi connectivity index (χ0) is 9.19. The maximum absolute atomic E-state index is 11.8. The normalized spacial score (nSPS) is 30.8. The van der Waals surface area contributed by atoms with Crippen molar-refractivity contribution in [3.63, 3.8) is 0 Å². The van der Waals surface area contributed by atoms with Crippen LogP contribution in [0.2, 0.25) is 0 Å². The number of hydrogen-bond acceptors (Lipinski definition) is 3. The monoisotopic (exact) mass is 217 g/mol. The second kappa shape index (κ2) is 3.74. The fourth-order valence-electron chi connectivity index (χ4n) is 0.514. The highest BCUT2D eigenvalue weighted by Gasteiger charge is 2.25. The van der Waals surface area contributed by atoms with Crippen molar-refractivity contribution in [3.8, 4) is 0 Å². The van der Waals surface area contributed by atoms with Crippen molar-refractivity contribution in [3.05, 3.63) is 12.7 Å². The fourth-order valence-corrected chi connectivity index (χ4v) is 2.13. The van der Waals surface area contributed by atoms with Gasteiger partial charge in [0.1, 0.15) is 6.10 Å². The molecule has 70 valence electrons. The van der Waals surface area contributed by atoms with E-state index >= 15 is 0 Å². The Morgan fingerprint density at radius 1 is 1.75 bits per heavy atom. The van der Waals surface area contributed by atoms with Crippen LogP contribution in [0.15, 0.2) is 16.8 Å². The van der Waals surface area contributed by atoms with E-state index in [-0.39, 0.29) is 6.61 Å². The third-order valence-electron chi connectivity index (χ3n) is 0.964. The van der Waals surface area contributed by atoms with Crippen LogP contribution < -0.4 is 0 Å². The van der Waals surface area contributed by atoms with Gasteiger partial charge in [0.05, 0.1) is 6.61 Å². The molecule has 0 aromatic rings. The highest BCUT2D eigenvalue weighted by atomic mass is 32.2. The molecule has 2 unspecified atom stereocenters. The largest absolute Gasteiger partial charge is 0.539 e. The highest BCUT2D eigenvalue weighted by molar-refractivity contribution is 7.82. The number of rotatable bonds is 2.